The molecular weight excluding hydrogens is 205 g/mol. The van der Waals surface area contributed by atoms with Crippen molar-refractivity contribution >= 4 is 18.5 Å². The summed E-state index contributed by atoms with van der Waals surface area (Å²) in [6.45, 7) is 7.75. The number of nitrogen functional groups attached to an aromatic ring is 1. The van der Waals surface area contributed by atoms with Gasteiger partial charge in [-0.2, -0.15) is 0 Å². The molecular formula is C10H18BN3O2. The third kappa shape index (κ3) is 3.46. The van der Waals surface area contributed by atoms with E-state index in [-0.39, 0.29) is 11.5 Å². The van der Waals surface area contributed by atoms with Crippen molar-refractivity contribution in [3.8, 4) is 0 Å². The Balaban J connectivity index is 2.95. The zero-order chi connectivity index (χ0) is 12.3. The standard InChI is InChI=1S/C10H18BN3O2/c1-7-8(6-13-9(12)14-7)11(15-5)16-10(2,3)4/h6H,1-5H3,(H2,12,13,14). The lowest BCUT2D eigenvalue weighted by atomic mass is 9.78. The van der Waals surface area contributed by atoms with E-state index in [0.717, 1.165) is 11.2 Å². The fourth-order valence-electron chi connectivity index (χ4n) is 1.29. The molecule has 16 heavy (non-hydrogen) atoms. The second kappa shape index (κ2) is 4.80. The van der Waals surface area contributed by atoms with E-state index < -0.39 is 7.12 Å². The van der Waals surface area contributed by atoms with Crippen molar-refractivity contribution < 1.29 is 9.31 Å². The molecule has 0 spiro atoms. The van der Waals surface area contributed by atoms with Crippen LogP contribution in [0.5, 0.6) is 0 Å². The predicted molar refractivity (Wildman–Crippen MR) is 64.4 cm³/mol. The zero-order valence-corrected chi connectivity index (χ0v) is 10.4. The van der Waals surface area contributed by atoms with Gasteiger partial charge in [-0.05, 0) is 27.7 Å². The maximum Gasteiger partial charge on any atom is 0.497 e. The van der Waals surface area contributed by atoms with Crippen molar-refractivity contribution in [3.05, 3.63) is 11.9 Å². The van der Waals surface area contributed by atoms with E-state index in [1.54, 1.807) is 13.3 Å². The first-order chi connectivity index (χ1) is 7.33. The van der Waals surface area contributed by atoms with E-state index in [1.807, 2.05) is 27.7 Å². The Morgan fingerprint density at radius 3 is 2.44 bits per heavy atom. The fraction of sp³-hybridized carbons (Fsp3) is 0.600. The Kier molecular flexibility index (Phi) is 3.88. The van der Waals surface area contributed by atoms with Crippen LogP contribution in [-0.2, 0) is 9.31 Å². The highest BCUT2D eigenvalue weighted by molar-refractivity contribution is 6.61. The summed E-state index contributed by atoms with van der Waals surface area (Å²) in [6, 6.07) is 0. The van der Waals surface area contributed by atoms with E-state index in [1.165, 1.54) is 0 Å². The Morgan fingerprint density at radius 1 is 1.38 bits per heavy atom. The van der Waals surface area contributed by atoms with Crippen LogP contribution in [0.25, 0.3) is 0 Å². The van der Waals surface area contributed by atoms with Gasteiger partial charge in [0, 0.05) is 30.1 Å². The van der Waals surface area contributed by atoms with Gasteiger partial charge in [0.25, 0.3) is 0 Å². The third-order valence-electron chi connectivity index (χ3n) is 1.96. The van der Waals surface area contributed by atoms with E-state index >= 15 is 0 Å². The lowest BCUT2D eigenvalue weighted by molar-refractivity contribution is 0.0981. The molecule has 6 heteroatoms. The first-order valence-electron chi connectivity index (χ1n) is 5.13. The van der Waals surface area contributed by atoms with Gasteiger partial charge in [0.15, 0.2) is 0 Å². The summed E-state index contributed by atoms with van der Waals surface area (Å²) in [5, 5.41) is 0. The number of nitrogens with zero attached hydrogens (tertiary/aromatic N) is 2. The van der Waals surface area contributed by atoms with Gasteiger partial charge < -0.3 is 15.0 Å². The Morgan fingerprint density at radius 2 is 2.00 bits per heavy atom. The van der Waals surface area contributed by atoms with Crippen LogP contribution in [0.3, 0.4) is 0 Å². The molecule has 0 radical (unpaired) electrons. The minimum Gasteiger partial charge on any atom is -0.410 e. The number of rotatable bonds is 3. The average Bonchev–Trinajstić information content (AvgIpc) is 2.13. The molecule has 0 bridgehead atoms. The molecule has 0 aliphatic heterocycles. The highest BCUT2D eigenvalue weighted by atomic mass is 16.6. The van der Waals surface area contributed by atoms with Crippen molar-refractivity contribution in [1.82, 2.24) is 9.97 Å². The Bertz CT molecular complexity index is 366. The van der Waals surface area contributed by atoms with Gasteiger partial charge in [-0.1, -0.05) is 0 Å². The van der Waals surface area contributed by atoms with Gasteiger partial charge >= 0.3 is 7.12 Å². The van der Waals surface area contributed by atoms with Crippen LogP contribution in [0.2, 0.25) is 0 Å². The molecule has 0 saturated heterocycles. The molecule has 2 N–H and O–H groups in total. The zero-order valence-electron chi connectivity index (χ0n) is 10.4. The first kappa shape index (κ1) is 12.9. The summed E-state index contributed by atoms with van der Waals surface area (Å²) in [5.74, 6) is 0.256. The number of nitrogens with two attached hydrogens (primary N) is 1. The van der Waals surface area contributed by atoms with Gasteiger partial charge in [-0.25, -0.2) is 9.97 Å². The quantitative estimate of drug-likeness (QED) is 0.756. The molecule has 1 aromatic rings. The second-order valence-electron chi connectivity index (χ2n) is 4.57. The average molecular weight is 223 g/mol. The van der Waals surface area contributed by atoms with Gasteiger partial charge in [0.1, 0.15) is 0 Å². The molecule has 1 heterocycles. The summed E-state index contributed by atoms with van der Waals surface area (Å²) in [6.07, 6.45) is 1.64. The van der Waals surface area contributed by atoms with Crippen LogP contribution in [0.4, 0.5) is 5.95 Å². The van der Waals surface area contributed by atoms with E-state index in [4.69, 9.17) is 15.0 Å². The Hall–Kier alpha value is -1.14. The molecule has 5 nitrogen and oxygen atoms in total. The first-order valence-corrected chi connectivity index (χ1v) is 5.13. The highest BCUT2D eigenvalue weighted by Crippen LogP contribution is 2.10. The SMILES string of the molecule is COB(OC(C)(C)C)c1cnc(N)nc1C. The highest BCUT2D eigenvalue weighted by Gasteiger charge is 2.28. The summed E-state index contributed by atoms with van der Waals surface area (Å²) >= 11 is 0. The molecule has 1 rings (SSSR count). The lowest BCUT2D eigenvalue weighted by Crippen LogP contribution is -2.43. The van der Waals surface area contributed by atoms with Gasteiger partial charge in [-0.15, -0.1) is 0 Å². The van der Waals surface area contributed by atoms with Crippen molar-refractivity contribution in [2.75, 3.05) is 12.8 Å². The molecule has 1 aromatic heterocycles. The molecule has 0 amide bonds. The lowest BCUT2D eigenvalue weighted by Gasteiger charge is -2.24. The van der Waals surface area contributed by atoms with Crippen LogP contribution < -0.4 is 11.2 Å². The summed E-state index contributed by atoms with van der Waals surface area (Å²) < 4.78 is 11.0. The van der Waals surface area contributed by atoms with Crippen LogP contribution >= 0.6 is 0 Å². The fourth-order valence-corrected chi connectivity index (χ4v) is 1.29. The van der Waals surface area contributed by atoms with Crippen LogP contribution in [0.1, 0.15) is 26.5 Å². The molecule has 0 aromatic carbocycles. The smallest absolute Gasteiger partial charge is 0.410 e. The topological polar surface area (TPSA) is 70.3 Å². The van der Waals surface area contributed by atoms with E-state index in [2.05, 4.69) is 9.97 Å². The molecule has 0 aliphatic rings. The maximum absolute atomic E-state index is 5.75. The predicted octanol–water partition coefficient (Wildman–Crippen LogP) is 0.524. The molecule has 0 unspecified atom stereocenters. The van der Waals surface area contributed by atoms with Gasteiger partial charge in [0.2, 0.25) is 5.95 Å². The normalized spacial score (nSPS) is 11.6. The molecule has 88 valence electrons. The molecule has 0 saturated carbocycles. The Labute approximate surface area is 96.5 Å². The van der Waals surface area contributed by atoms with E-state index in [9.17, 15) is 0 Å². The maximum atomic E-state index is 5.75. The number of aryl methyl sites for hydroxylation is 1. The third-order valence-corrected chi connectivity index (χ3v) is 1.96. The van der Waals surface area contributed by atoms with Crippen LogP contribution in [0.15, 0.2) is 6.20 Å². The minimum absolute atomic E-state index is 0.256. The van der Waals surface area contributed by atoms with Gasteiger partial charge in [-0.3, -0.25) is 0 Å². The van der Waals surface area contributed by atoms with Crippen molar-refractivity contribution in [2.24, 2.45) is 0 Å². The molecule has 0 fully saturated rings. The number of aromatic nitrogens is 2. The van der Waals surface area contributed by atoms with Crippen molar-refractivity contribution in [3.63, 3.8) is 0 Å². The monoisotopic (exact) mass is 223 g/mol. The summed E-state index contributed by atoms with van der Waals surface area (Å²) in [4.78, 5) is 8.02. The van der Waals surface area contributed by atoms with Crippen molar-refractivity contribution in [2.45, 2.75) is 33.3 Å². The molecule has 0 atom stereocenters. The molecule has 0 aliphatic carbocycles. The second-order valence-corrected chi connectivity index (χ2v) is 4.57. The summed E-state index contributed by atoms with van der Waals surface area (Å²) in [5.41, 5.74) is 6.76. The number of anilines is 1. The van der Waals surface area contributed by atoms with Gasteiger partial charge in [0.05, 0.1) is 0 Å². The largest absolute Gasteiger partial charge is 0.497 e. The van der Waals surface area contributed by atoms with Crippen molar-refractivity contribution in [1.29, 1.82) is 0 Å². The minimum atomic E-state index is -0.472. The van der Waals surface area contributed by atoms with Crippen LogP contribution in [-0.4, -0.2) is 29.8 Å². The van der Waals surface area contributed by atoms with Crippen LogP contribution in [0, 0.1) is 6.92 Å². The number of hydrogen-bond acceptors (Lipinski definition) is 5. The van der Waals surface area contributed by atoms with E-state index in [0.29, 0.717) is 0 Å². The summed E-state index contributed by atoms with van der Waals surface area (Å²) in [7, 11) is 1.12. The number of hydrogen-bond donors (Lipinski definition) is 1.